The SMILES string of the molecule is O[C@](COc1cccc2c(-c3ccncc3)c(-c3ccc(F)cc3)nn12)(Cn1cncn1)c1ccc(F)cc1F. The van der Waals surface area contributed by atoms with Crippen LogP contribution in [0.2, 0.25) is 0 Å². The largest absolute Gasteiger partial charge is 0.474 e. The predicted octanol–water partition coefficient (Wildman–Crippen LogP) is 5.04. The second-order valence-corrected chi connectivity index (χ2v) is 9.16. The fourth-order valence-corrected chi connectivity index (χ4v) is 4.62. The van der Waals surface area contributed by atoms with Crippen LogP contribution in [0.1, 0.15) is 5.56 Å². The molecular formula is C29H21F3N6O2. The number of halogens is 3. The molecule has 6 aromatic rings. The number of aliphatic hydroxyl groups is 1. The van der Waals surface area contributed by atoms with Crippen molar-refractivity contribution in [2.45, 2.75) is 12.1 Å². The second kappa shape index (κ2) is 10.3. The average Bonchev–Trinajstić information content (AvgIpc) is 3.61. The van der Waals surface area contributed by atoms with Gasteiger partial charge >= 0.3 is 0 Å². The molecular weight excluding hydrogens is 521 g/mol. The van der Waals surface area contributed by atoms with Crippen molar-refractivity contribution in [3.8, 4) is 28.3 Å². The summed E-state index contributed by atoms with van der Waals surface area (Å²) in [6.45, 7) is -0.640. The van der Waals surface area contributed by atoms with E-state index in [0.717, 1.165) is 17.2 Å². The third kappa shape index (κ3) is 4.78. The van der Waals surface area contributed by atoms with E-state index in [9.17, 15) is 18.3 Å². The number of hydrogen-bond acceptors (Lipinski definition) is 6. The molecule has 0 saturated heterocycles. The van der Waals surface area contributed by atoms with Crippen molar-refractivity contribution in [2.75, 3.05) is 6.61 Å². The lowest BCUT2D eigenvalue weighted by Crippen LogP contribution is -2.39. The quantitative estimate of drug-likeness (QED) is 0.290. The summed E-state index contributed by atoms with van der Waals surface area (Å²) < 4.78 is 51.2. The molecule has 2 aromatic carbocycles. The highest BCUT2D eigenvalue weighted by atomic mass is 19.1. The molecule has 0 aliphatic heterocycles. The summed E-state index contributed by atoms with van der Waals surface area (Å²) >= 11 is 0. The Kier molecular flexibility index (Phi) is 6.48. The normalized spacial score (nSPS) is 12.9. The lowest BCUT2D eigenvalue weighted by atomic mass is 9.94. The number of ether oxygens (including phenoxy) is 1. The minimum absolute atomic E-state index is 0.165. The Bertz CT molecular complexity index is 1780. The molecule has 8 nitrogen and oxygen atoms in total. The molecule has 0 unspecified atom stereocenters. The number of nitrogens with zero attached hydrogens (tertiary/aromatic N) is 6. The van der Waals surface area contributed by atoms with Crippen LogP contribution >= 0.6 is 0 Å². The summed E-state index contributed by atoms with van der Waals surface area (Å²) in [5, 5.41) is 20.4. The Morgan fingerprint density at radius 3 is 2.35 bits per heavy atom. The number of fused-ring (bicyclic) bond motifs is 1. The van der Waals surface area contributed by atoms with Gasteiger partial charge in [0.15, 0.2) is 0 Å². The van der Waals surface area contributed by atoms with Crippen molar-refractivity contribution >= 4 is 5.52 Å². The summed E-state index contributed by atoms with van der Waals surface area (Å²) in [5.74, 6) is -1.83. The Labute approximate surface area is 226 Å². The lowest BCUT2D eigenvalue weighted by Gasteiger charge is -2.28. The van der Waals surface area contributed by atoms with Crippen molar-refractivity contribution in [3.05, 3.63) is 121 Å². The summed E-state index contributed by atoms with van der Waals surface area (Å²) in [6, 6.07) is 17.9. The predicted molar refractivity (Wildman–Crippen MR) is 140 cm³/mol. The maximum Gasteiger partial charge on any atom is 0.215 e. The molecule has 11 heteroatoms. The Morgan fingerprint density at radius 1 is 0.850 bits per heavy atom. The van der Waals surface area contributed by atoms with Crippen molar-refractivity contribution < 1.29 is 23.0 Å². The van der Waals surface area contributed by atoms with Gasteiger partial charge in [0, 0.05) is 41.2 Å². The fraction of sp³-hybridized carbons (Fsp3) is 0.103. The van der Waals surface area contributed by atoms with E-state index in [2.05, 4.69) is 15.1 Å². The highest BCUT2D eigenvalue weighted by Crippen LogP contribution is 2.37. The smallest absolute Gasteiger partial charge is 0.215 e. The average molecular weight is 543 g/mol. The first-order valence-corrected chi connectivity index (χ1v) is 12.2. The third-order valence-corrected chi connectivity index (χ3v) is 6.49. The first-order valence-electron chi connectivity index (χ1n) is 12.2. The molecule has 0 aliphatic carbocycles. The van der Waals surface area contributed by atoms with Gasteiger partial charge in [0.2, 0.25) is 5.88 Å². The molecule has 1 atom stereocenters. The highest BCUT2D eigenvalue weighted by Gasteiger charge is 2.35. The van der Waals surface area contributed by atoms with Gasteiger partial charge in [0.25, 0.3) is 0 Å². The minimum atomic E-state index is -1.95. The minimum Gasteiger partial charge on any atom is -0.474 e. The maximum absolute atomic E-state index is 14.9. The van der Waals surface area contributed by atoms with E-state index in [1.54, 1.807) is 41.2 Å². The van der Waals surface area contributed by atoms with Gasteiger partial charge in [-0.1, -0.05) is 12.1 Å². The van der Waals surface area contributed by atoms with E-state index in [1.165, 1.54) is 35.5 Å². The van der Waals surface area contributed by atoms with Gasteiger partial charge in [-0.25, -0.2) is 22.8 Å². The molecule has 0 saturated carbocycles. The van der Waals surface area contributed by atoms with Crippen LogP contribution < -0.4 is 4.74 Å². The van der Waals surface area contributed by atoms with Gasteiger partial charge in [-0.2, -0.15) is 14.7 Å². The van der Waals surface area contributed by atoms with Crippen LogP contribution in [0.4, 0.5) is 13.2 Å². The zero-order chi connectivity index (χ0) is 27.7. The van der Waals surface area contributed by atoms with Gasteiger partial charge in [-0.15, -0.1) is 0 Å². The highest BCUT2D eigenvalue weighted by molar-refractivity contribution is 5.92. The molecule has 0 amide bonds. The van der Waals surface area contributed by atoms with Crippen molar-refractivity contribution in [3.63, 3.8) is 0 Å². The van der Waals surface area contributed by atoms with E-state index < -0.39 is 23.8 Å². The Morgan fingerprint density at radius 2 is 1.62 bits per heavy atom. The lowest BCUT2D eigenvalue weighted by molar-refractivity contribution is -0.0314. The number of aromatic nitrogens is 6. The molecule has 4 heterocycles. The topological polar surface area (TPSA) is 90.4 Å². The monoisotopic (exact) mass is 542 g/mol. The standard InChI is InChI=1S/C29H21F3N6O2/c30-21-6-4-20(5-7-21)28-27(19-10-12-33-13-11-19)25-2-1-3-26(38(25)36-28)40-16-29(39,15-37-18-34-17-35-37)23-9-8-22(31)14-24(23)32/h1-14,17-18,39H,15-16H2/t29-/m0/s1. The van der Waals surface area contributed by atoms with Crippen LogP contribution in [0.5, 0.6) is 5.88 Å². The number of benzene rings is 2. The van der Waals surface area contributed by atoms with Crippen LogP contribution in [0.25, 0.3) is 27.9 Å². The summed E-state index contributed by atoms with van der Waals surface area (Å²) in [4.78, 5) is 7.98. The van der Waals surface area contributed by atoms with Crippen LogP contribution in [0.15, 0.2) is 97.8 Å². The summed E-state index contributed by atoms with van der Waals surface area (Å²) in [7, 11) is 0. The van der Waals surface area contributed by atoms with Crippen LogP contribution in [0, 0.1) is 17.5 Å². The van der Waals surface area contributed by atoms with Crippen molar-refractivity contribution in [1.82, 2.24) is 29.4 Å². The summed E-state index contributed by atoms with van der Waals surface area (Å²) in [6.07, 6.45) is 5.98. The molecule has 4 aromatic heterocycles. The first kappa shape index (κ1) is 25.3. The Hall–Kier alpha value is -5.03. The maximum atomic E-state index is 14.9. The van der Waals surface area contributed by atoms with Crippen LogP contribution in [-0.4, -0.2) is 41.1 Å². The molecule has 1 N–H and O–H groups in total. The number of rotatable bonds is 8. The Balaban J connectivity index is 1.44. The zero-order valence-corrected chi connectivity index (χ0v) is 20.8. The van der Waals surface area contributed by atoms with E-state index >= 15 is 0 Å². The van der Waals surface area contributed by atoms with Crippen LogP contribution in [0.3, 0.4) is 0 Å². The molecule has 0 radical (unpaired) electrons. The molecule has 6 rings (SSSR count). The first-order chi connectivity index (χ1) is 19.4. The van der Waals surface area contributed by atoms with Gasteiger partial charge in [0.1, 0.15) is 48.0 Å². The van der Waals surface area contributed by atoms with Gasteiger partial charge in [0.05, 0.1) is 12.1 Å². The van der Waals surface area contributed by atoms with E-state index in [4.69, 9.17) is 9.84 Å². The third-order valence-electron chi connectivity index (χ3n) is 6.49. The van der Waals surface area contributed by atoms with Gasteiger partial charge < -0.3 is 9.84 Å². The molecule has 40 heavy (non-hydrogen) atoms. The van der Waals surface area contributed by atoms with Gasteiger partial charge in [-0.3, -0.25) is 4.98 Å². The molecule has 0 spiro atoms. The van der Waals surface area contributed by atoms with Crippen molar-refractivity contribution in [1.29, 1.82) is 0 Å². The van der Waals surface area contributed by atoms with Gasteiger partial charge in [-0.05, 0) is 54.1 Å². The van der Waals surface area contributed by atoms with E-state index in [1.807, 2.05) is 18.2 Å². The second-order valence-electron chi connectivity index (χ2n) is 9.16. The number of pyridine rings is 2. The van der Waals surface area contributed by atoms with E-state index in [-0.39, 0.29) is 23.8 Å². The van der Waals surface area contributed by atoms with Crippen LogP contribution in [-0.2, 0) is 12.1 Å². The molecule has 0 fully saturated rings. The fourth-order valence-electron chi connectivity index (χ4n) is 4.62. The molecule has 200 valence electrons. The van der Waals surface area contributed by atoms with E-state index in [0.29, 0.717) is 22.8 Å². The molecule has 0 bridgehead atoms. The molecule has 0 aliphatic rings. The zero-order valence-electron chi connectivity index (χ0n) is 20.8. The summed E-state index contributed by atoms with van der Waals surface area (Å²) in [5.41, 5.74) is 1.41. The number of hydrogen-bond donors (Lipinski definition) is 1. The van der Waals surface area contributed by atoms with Crippen molar-refractivity contribution in [2.24, 2.45) is 0 Å².